The van der Waals surface area contributed by atoms with Gasteiger partial charge in [0.2, 0.25) is 5.78 Å². The second-order valence-electron chi connectivity index (χ2n) is 11.1. The molecule has 2 N–H and O–H groups in total. The molecule has 0 saturated carbocycles. The van der Waals surface area contributed by atoms with Gasteiger partial charge in [-0.15, -0.1) is 0 Å². The lowest BCUT2D eigenvalue weighted by Gasteiger charge is -2.27. The molecule has 0 atom stereocenters. The van der Waals surface area contributed by atoms with E-state index in [1.165, 1.54) is 0 Å². The second-order valence-corrected chi connectivity index (χ2v) is 11.1. The van der Waals surface area contributed by atoms with E-state index in [4.69, 9.17) is 4.74 Å². The van der Waals surface area contributed by atoms with E-state index in [0.29, 0.717) is 37.0 Å². The summed E-state index contributed by atoms with van der Waals surface area (Å²) in [7, 11) is 0. The first-order valence-electron chi connectivity index (χ1n) is 14.6. The van der Waals surface area contributed by atoms with Crippen LogP contribution in [0.2, 0.25) is 0 Å². The van der Waals surface area contributed by atoms with E-state index in [1.54, 1.807) is 0 Å². The zero-order valence-corrected chi connectivity index (χ0v) is 24.4. The maximum absolute atomic E-state index is 14.0. The number of carbonyl (C=O) groups excluding carboxylic acids is 2. The Morgan fingerprint density at radius 2 is 1.76 bits per heavy atom. The summed E-state index contributed by atoms with van der Waals surface area (Å²) in [6.45, 7) is 6.32. The topological polar surface area (TPSA) is 101 Å². The number of Topliss-reactive ketones (excluding diaryl/α,β-unsaturated/α-hetero) is 1. The molecule has 0 amide bonds. The minimum absolute atomic E-state index is 0.0240. The average molecular weight is 565 g/mol. The monoisotopic (exact) mass is 564 g/mol. The molecule has 0 aliphatic heterocycles. The number of aliphatic hydroxyl groups is 1. The molecule has 42 heavy (non-hydrogen) atoms. The fourth-order valence-electron chi connectivity index (χ4n) is 6.17. The number of hydrogen-bond acceptors (Lipinski definition) is 5. The van der Waals surface area contributed by atoms with Gasteiger partial charge in [-0.25, -0.2) is 0 Å². The van der Waals surface area contributed by atoms with Crippen LogP contribution in [0.5, 0.6) is 0 Å². The maximum atomic E-state index is 14.0. The summed E-state index contributed by atoms with van der Waals surface area (Å²) in [6, 6.07) is 9.81. The Hall–Kier alpha value is -4.45. The van der Waals surface area contributed by atoms with Crippen molar-refractivity contribution in [3.05, 3.63) is 111 Å². The van der Waals surface area contributed by atoms with Crippen molar-refractivity contribution >= 4 is 23.3 Å². The molecule has 5 rings (SSSR count). The zero-order valence-electron chi connectivity index (χ0n) is 24.4. The lowest BCUT2D eigenvalue weighted by molar-refractivity contribution is -0.143. The number of aliphatic carboxylic acids is 1. The molecule has 0 fully saturated rings. The predicted octanol–water partition coefficient (Wildman–Crippen LogP) is 7.53. The number of ketones is 1. The van der Waals surface area contributed by atoms with Gasteiger partial charge in [-0.3, -0.25) is 14.4 Å². The molecule has 0 heterocycles. The third kappa shape index (κ3) is 5.41. The van der Waals surface area contributed by atoms with Crippen LogP contribution >= 0.6 is 0 Å². The lowest BCUT2D eigenvalue weighted by Crippen LogP contribution is -2.24. The van der Waals surface area contributed by atoms with Crippen molar-refractivity contribution in [1.29, 1.82) is 0 Å². The highest BCUT2D eigenvalue weighted by Crippen LogP contribution is 2.50. The van der Waals surface area contributed by atoms with Crippen molar-refractivity contribution in [3.63, 3.8) is 0 Å². The third-order valence-electron chi connectivity index (χ3n) is 8.15. The first-order chi connectivity index (χ1) is 20.2. The van der Waals surface area contributed by atoms with Crippen LogP contribution in [-0.2, 0) is 25.5 Å². The summed E-state index contributed by atoms with van der Waals surface area (Å²) in [6.07, 6.45) is 11.3. The van der Waals surface area contributed by atoms with E-state index in [2.05, 4.69) is 0 Å². The first kappa shape index (κ1) is 29.1. The van der Waals surface area contributed by atoms with Gasteiger partial charge < -0.3 is 14.9 Å². The van der Waals surface area contributed by atoms with E-state index in [-0.39, 0.29) is 41.5 Å². The highest BCUT2D eigenvalue weighted by atomic mass is 16.5. The van der Waals surface area contributed by atoms with Gasteiger partial charge in [0.1, 0.15) is 5.76 Å². The highest BCUT2D eigenvalue weighted by molar-refractivity contribution is 6.41. The van der Waals surface area contributed by atoms with Crippen LogP contribution in [0, 0.1) is 6.92 Å². The minimum Gasteiger partial charge on any atom is -0.506 e. The first-order valence-corrected chi connectivity index (χ1v) is 14.6. The van der Waals surface area contributed by atoms with Crippen LogP contribution < -0.4 is 0 Å². The maximum Gasteiger partial charge on any atom is 0.306 e. The number of unbranched alkanes of at least 4 members (excludes halogenated alkanes) is 1. The van der Waals surface area contributed by atoms with Gasteiger partial charge in [0.25, 0.3) is 0 Å². The van der Waals surface area contributed by atoms with Gasteiger partial charge in [0.05, 0.1) is 17.8 Å². The van der Waals surface area contributed by atoms with Crippen LogP contribution in [-0.4, -0.2) is 34.5 Å². The average Bonchev–Trinajstić information content (AvgIpc) is 3.24. The van der Waals surface area contributed by atoms with Gasteiger partial charge in [-0.1, -0.05) is 68.0 Å². The number of ether oxygens (including phenoxy) is 1. The number of allylic oxidation sites excluding steroid dienone is 11. The number of aryl methyl sites for hydroxylation is 2. The molecule has 216 valence electrons. The fourth-order valence-corrected chi connectivity index (χ4v) is 6.17. The van der Waals surface area contributed by atoms with Crippen molar-refractivity contribution in [2.45, 2.75) is 65.7 Å². The van der Waals surface area contributed by atoms with Crippen molar-refractivity contribution < 1.29 is 29.3 Å². The Bertz CT molecular complexity index is 1640. The van der Waals surface area contributed by atoms with Gasteiger partial charge >= 0.3 is 11.9 Å². The summed E-state index contributed by atoms with van der Waals surface area (Å²) < 4.78 is 5.36. The lowest BCUT2D eigenvalue weighted by atomic mass is 9.75. The molecule has 5 aliphatic carbocycles. The molecule has 0 aromatic rings. The molecule has 0 radical (unpaired) electrons. The van der Waals surface area contributed by atoms with Crippen LogP contribution in [0.15, 0.2) is 93.8 Å². The Balaban J connectivity index is 1.56. The smallest absolute Gasteiger partial charge is 0.306 e. The van der Waals surface area contributed by atoms with Crippen molar-refractivity contribution in [3.8, 4) is 11.1 Å². The summed E-state index contributed by atoms with van der Waals surface area (Å²) in [5.74, 6) is -1.41. The Morgan fingerprint density at radius 3 is 2.50 bits per heavy atom. The number of carboxylic acid groups (broad SMARTS) is 1. The molecule has 0 unspecified atom stereocenters. The minimum atomic E-state index is -0.885. The summed E-state index contributed by atoms with van der Waals surface area (Å²) in [5, 5.41) is 20.9. The molecule has 0 spiro atoms. The number of carbonyl (C=O) groups is 3. The summed E-state index contributed by atoms with van der Waals surface area (Å²) >= 11 is 0. The number of fused-ring (bicyclic) bond motifs is 1. The summed E-state index contributed by atoms with van der Waals surface area (Å²) in [5.41, 5.74) is 9.13. The van der Waals surface area contributed by atoms with Gasteiger partial charge in [-0.2, -0.15) is 0 Å². The standard InChI is InChI=1S/C36H36O6/c1-4-5-18-42-28(39)17-15-24-11-7-9-13-26-20-22(3)30(32(24)26)34-35(40)33(36(34)41)29-21(2)19-25-12-8-6-10-23(31(25)29)14-16-27(37)38/h6-11,13,19-20,40H,4-5,12,14-18H2,1-3H3,(H,37,38). The van der Waals surface area contributed by atoms with Crippen LogP contribution in [0.25, 0.3) is 16.7 Å². The SMILES string of the molecule is CCCCOC(=O)CCc1ccccc2cc(C)c(C3=C(O)C(=C4C(C)=CC5=C4C(CCC(=O)O)=CC=CC5)C3=O)c1-2. The molecule has 0 bridgehead atoms. The van der Waals surface area contributed by atoms with Gasteiger partial charge in [0.15, 0.2) is 0 Å². The van der Waals surface area contributed by atoms with Crippen molar-refractivity contribution in [2.75, 3.05) is 6.61 Å². The van der Waals surface area contributed by atoms with Crippen LogP contribution in [0.3, 0.4) is 0 Å². The van der Waals surface area contributed by atoms with E-state index in [0.717, 1.165) is 57.4 Å². The highest BCUT2D eigenvalue weighted by Gasteiger charge is 2.42. The number of carboxylic acids is 1. The molecular weight excluding hydrogens is 528 g/mol. The Labute approximate surface area is 246 Å². The zero-order chi connectivity index (χ0) is 30.0. The predicted molar refractivity (Wildman–Crippen MR) is 163 cm³/mol. The molecule has 0 aromatic heterocycles. The molecule has 5 aliphatic rings. The van der Waals surface area contributed by atoms with Gasteiger partial charge in [-0.05, 0) is 84.1 Å². The van der Waals surface area contributed by atoms with E-state index < -0.39 is 5.97 Å². The van der Waals surface area contributed by atoms with Crippen molar-refractivity contribution in [2.24, 2.45) is 0 Å². The second kappa shape index (κ2) is 12.2. The molecule has 6 heteroatoms. The largest absolute Gasteiger partial charge is 0.506 e. The molecule has 0 saturated heterocycles. The fraction of sp³-hybridized carbons (Fsp3) is 0.306. The Morgan fingerprint density at radius 1 is 0.976 bits per heavy atom. The van der Waals surface area contributed by atoms with E-state index in [9.17, 15) is 24.6 Å². The molecular formula is C36H36O6. The molecule has 6 nitrogen and oxygen atoms in total. The number of rotatable bonds is 10. The van der Waals surface area contributed by atoms with Crippen LogP contribution in [0.4, 0.5) is 0 Å². The third-order valence-corrected chi connectivity index (χ3v) is 8.15. The Kier molecular flexibility index (Phi) is 8.44. The normalized spacial score (nSPS) is 18.1. The number of hydrogen-bond donors (Lipinski definition) is 2. The van der Waals surface area contributed by atoms with E-state index in [1.807, 2.05) is 75.4 Å². The number of aliphatic hydroxyl groups excluding tert-OH is 1. The van der Waals surface area contributed by atoms with E-state index >= 15 is 0 Å². The number of esters is 1. The van der Waals surface area contributed by atoms with Crippen LogP contribution in [0.1, 0.15) is 69.1 Å². The summed E-state index contributed by atoms with van der Waals surface area (Å²) in [4.78, 5) is 37.8. The molecule has 0 aromatic carbocycles. The van der Waals surface area contributed by atoms with Gasteiger partial charge in [0, 0.05) is 24.0 Å². The quantitative estimate of drug-likeness (QED) is 0.176. The van der Waals surface area contributed by atoms with Crippen molar-refractivity contribution in [1.82, 2.24) is 0 Å².